The maximum Gasteiger partial charge on any atom is 0.338 e. The summed E-state index contributed by atoms with van der Waals surface area (Å²) in [4.78, 5) is 21.0. The zero-order chi connectivity index (χ0) is 9.78. The highest BCUT2D eigenvalue weighted by molar-refractivity contribution is 5.84. The second-order valence-corrected chi connectivity index (χ2v) is 2.56. The van der Waals surface area contributed by atoms with Gasteiger partial charge in [-0.2, -0.15) is 0 Å². The van der Waals surface area contributed by atoms with Gasteiger partial charge in [0, 0.05) is 0 Å². The lowest BCUT2D eigenvalue weighted by atomic mass is 10.0. The lowest BCUT2D eigenvalue weighted by Gasteiger charge is -2.18. The van der Waals surface area contributed by atoms with Crippen molar-refractivity contribution in [2.75, 3.05) is 6.61 Å². The molecule has 0 fully saturated rings. The van der Waals surface area contributed by atoms with Crippen molar-refractivity contribution in [3.05, 3.63) is 0 Å². The van der Waals surface area contributed by atoms with E-state index >= 15 is 0 Å². The minimum Gasteiger partial charge on any atom is -0.481 e. The normalized spacial score (nSPS) is 14.9. The van der Waals surface area contributed by atoms with Crippen LogP contribution in [-0.4, -0.2) is 34.4 Å². The first-order chi connectivity index (χ1) is 5.40. The number of hydrogen-bond donors (Lipinski definition) is 2. The van der Waals surface area contributed by atoms with Gasteiger partial charge in [-0.3, -0.25) is 4.79 Å². The van der Waals surface area contributed by atoms with E-state index in [-0.39, 0.29) is 6.61 Å². The molecule has 0 bridgehead atoms. The average molecular weight is 176 g/mol. The van der Waals surface area contributed by atoms with Gasteiger partial charge in [0.05, 0.1) is 13.0 Å². The summed E-state index contributed by atoms with van der Waals surface area (Å²) in [6.45, 7) is 2.81. The van der Waals surface area contributed by atoms with Gasteiger partial charge in [0.25, 0.3) is 0 Å². The van der Waals surface area contributed by atoms with E-state index in [2.05, 4.69) is 4.74 Å². The molecule has 0 saturated carbocycles. The van der Waals surface area contributed by atoms with Crippen molar-refractivity contribution in [2.24, 2.45) is 0 Å². The lowest BCUT2D eigenvalue weighted by Crippen LogP contribution is -2.39. The third-order valence-electron chi connectivity index (χ3n) is 1.21. The van der Waals surface area contributed by atoms with Crippen LogP contribution in [0, 0.1) is 0 Å². The quantitative estimate of drug-likeness (QED) is 0.578. The molecule has 0 aromatic heterocycles. The van der Waals surface area contributed by atoms with Crippen LogP contribution in [0.25, 0.3) is 0 Å². The van der Waals surface area contributed by atoms with Crippen LogP contribution in [0.1, 0.15) is 20.3 Å². The number of ether oxygens (including phenoxy) is 1. The van der Waals surface area contributed by atoms with Gasteiger partial charge in [0.15, 0.2) is 5.60 Å². The monoisotopic (exact) mass is 176 g/mol. The van der Waals surface area contributed by atoms with Crippen LogP contribution in [0.15, 0.2) is 0 Å². The molecule has 1 atom stereocenters. The molecule has 0 radical (unpaired) electrons. The average Bonchev–Trinajstić information content (AvgIpc) is 1.85. The Labute approximate surface area is 70.0 Å². The van der Waals surface area contributed by atoms with Crippen LogP contribution >= 0.6 is 0 Å². The number of carboxylic acid groups (broad SMARTS) is 1. The molecule has 0 rings (SSSR count). The van der Waals surface area contributed by atoms with Gasteiger partial charge in [-0.25, -0.2) is 4.79 Å². The summed E-state index contributed by atoms with van der Waals surface area (Å²) in [6.07, 6.45) is -0.647. The first-order valence-corrected chi connectivity index (χ1v) is 3.51. The number of carboxylic acids is 1. The van der Waals surface area contributed by atoms with E-state index in [4.69, 9.17) is 5.11 Å². The highest BCUT2D eigenvalue weighted by atomic mass is 16.5. The van der Waals surface area contributed by atoms with Crippen LogP contribution in [0.2, 0.25) is 0 Å². The summed E-state index contributed by atoms with van der Waals surface area (Å²) in [5.74, 6) is -2.15. The van der Waals surface area contributed by atoms with Crippen LogP contribution in [0.5, 0.6) is 0 Å². The Morgan fingerprint density at radius 3 is 2.33 bits per heavy atom. The topological polar surface area (TPSA) is 83.8 Å². The van der Waals surface area contributed by atoms with Crippen molar-refractivity contribution in [1.29, 1.82) is 0 Å². The highest BCUT2D eigenvalue weighted by Gasteiger charge is 2.34. The maximum absolute atomic E-state index is 10.9. The Morgan fingerprint density at radius 2 is 2.00 bits per heavy atom. The van der Waals surface area contributed by atoms with E-state index in [9.17, 15) is 14.7 Å². The molecular weight excluding hydrogens is 164 g/mol. The van der Waals surface area contributed by atoms with Crippen LogP contribution in [0.4, 0.5) is 0 Å². The molecule has 5 heteroatoms. The molecule has 0 aliphatic carbocycles. The number of esters is 1. The molecule has 0 aromatic carbocycles. The van der Waals surface area contributed by atoms with E-state index in [0.717, 1.165) is 6.92 Å². The van der Waals surface area contributed by atoms with Crippen molar-refractivity contribution in [3.8, 4) is 0 Å². The zero-order valence-electron chi connectivity index (χ0n) is 7.03. The molecule has 0 heterocycles. The van der Waals surface area contributed by atoms with Gasteiger partial charge in [-0.05, 0) is 13.8 Å². The molecule has 5 nitrogen and oxygen atoms in total. The predicted molar refractivity (Wildman–Crippen MR) is 39.5 cm³/mol. The van der Waals surface area contributed by atoms with E-state index in [0.29, 0.717) is 0 Å². The van der Waals surface area contributed by atoms with Crippen LogP contribution in [-0.2, 0) is 14.3 Å². The first kappa shape index (κ1) is 10.9. The van der Waals surface area contributed by atoms with Crippen molar-refractivity contribution < 1.29 is 24.5 Å². The molecule has 0 aliphatic heterocycles. The van der Waals surface area contributed by atoms with Gasteiger partial charge in [0.2, 0.25) is 0 Å². The summed E-state index contributed by atoms with van der Waals surface area (Å²) in [5, 5.41) is 17.5. The molecule has 2 N–H and O–H groups in total. The summed E-state index contributed by atoms with van der Waals surface area (Å²) in [5.41, 5.74) is -1.93. The minimum absolute atomic E-state index is 0.120. The van der Waals surface area contributed by atoms with E-state index in [1.54, 1.807) is 6.92 Å². The number of carbonyl (C=O) groups is 2. The lowest BCUT2D eigenvalue weighted by molar-refractivity contribution is -0.168. The van der Waals surface area contributed by atoms with Gasteiger partial charge in [0.1, 0.15) is 0 Å². The molecule has 70 valence electrons. The Morgan fingerprint density at radius 1 is 1.50 bits per heavy atom. The van der Waals surface area contributed by atoms with Crippen molar-refractivity contribution in [3.63, 3.8) is 0 Å². The molecule has 0 spiro atoms. The van der Waals surface area contributed by atoms with Crippen molar-refractivity contribution in [1.82, 2.24) is 0 Å². The fourth-order valence-corrected chi connectivity index (χ4v) is 0.653. The standard InChI is InChI=1S/C7H12O5/c1-3-12-6(10)7(2,11)4-5(8)9/h11H,3-4H2,1-2H3,(H,8,9). The Balaban J connectivity index is 4.18. The molecule has 0 amide bonds. The van der Waals surface area contributed by atoms with Gasteiger partial charge in [-0.15, -0.1) is 0 Å². The highest BCUT2D eigenvalue weighted by Crippen LogP contribution is 2.11. The number of carbonyl (C=O) groups excluding carboxylic acids is 1. The van der Waals surface area contributed by atoms with Gasteiger partial charge >= 0.3 is 11.9 Å². The van der Waals surface area contributed by atoms with Crippen LogP contribution in [0.3, 0.4) is 0 Å². The smallest absolute Gasteiger partial charge is 0.338 e. The van der Waals surface area contributed by atoms with Crippen molar-refractivity contribution in [2.45, 2.75) is 25.9 Å². The number of aliphatic carboxylic acids is 1. The second kappa shape index (κ2) is 4.06. The SMILES string of the molecule is CCOC(=O)C(C)(O)CC(=O)O. The van der Waals surface area contributed by atoms with E-state index in [1.165, 1.54) is 0 Å². The van der Waals surface area contributed by atoms with Gasteiger partial charge < -0.3 is 14.9 Å². The Bertz CT molecular complexity index is 184. The summed E-state index contributed by atoms with van der Waals surface area (Å²) >= 11 is 0. The number of rotatable bonds is 4. The van der Waals surface area contributed by atoms with E-state index in [1.807, 2.05) is 0 Å². The summed E-state index contributed by atoms with van der Waals surface area (Å²) in [6, 6.07) is 0. The molecule has 0 saturated heterocycles. The Hall–Kier alpha value is -1.10. The maximum atomic E-state index is 10.9. The van der Waals surface area contributed by atoms with Crippen molar-refractivity contribution >= 4 is 11.9 Å². The fraction of sp³-hybridized carbons (Fsp3) is 0.714. The second-order valence-electron chi connectivity index (χ2n) is 2.56. The predicted octanol–water partition coefficient (Wildman–Crippen LogP) is -0.225. The molecule has 0 aliphatic rings. The molecule has 1 unspecified atom stereocenters. The molecular formula is C7H12O5. The van der Waals surface area contributed by atoms with Gasteiger partial charge in [-0.1, -0.05) is 0 Å². The largest absolute Gasteiger partial charge is 0.481 e. The minimum atomic E-state index is -1.93. The van der Waals surface area contributed by atoms with Crippen LogP contribution < -0.4 is 0 Å². The number of hydrogen-bond acceptors (Lipinski definition) is 4. The zero-order valence-corrected chi connectivity index (χ0v) is 7.03. The fourth-order valence-electron chi connectivity index (χ4n) is 0.653. The molecule has 12 heavy (non-hydrogen) atoms. The van der Waals surface area contributed by atoms with E-state index < -0.39 is 24.0 Å². The summed E-state index contributed by atoms with van der Waals surface area (Å²) in [7, 11) is 0. The molecule has 0 aromatic rings. The third kappa shape index (κ3) is 3.34. The Kier molecular flexibility index (Phi) is 3.69. The first-order valence-electron chi connectivity index (χ1n) is 3.51. The summed E-state index contributed by atoms with van der Waals surface area (Å²) < 4.78 is 4.46. The third-order valence-corrected chi connectivity index (χ3v) is 1.21. The number of aliphatic hydroxyl groups is 1.